The van der Waals surface area contributed by atoms with Crippen LogP contribution in [0.15, 0.2) is 42.5 Å². The van der Waals surface area contributed by atoms with E-state index in [2.05, 4.69) is 5.32 Å². The molecule has 154 valence electrons. The van der Waals surface area contributed by atoms with Gasteiger partial charge >= 0.3 is 5.97 Å². The molecule has 1 unspecified atom stereocenters. The van der Waals surface area contributed by atoms with Gasteiger partial charge in [-0.2, -0.15) is 0 Å². The Bertz CT molecular complexity index is 1160. The van der Waals surface area contributed by atoms with Crippen molar-refractivity contribution >= 4 is 28.9 Å². The van der Waals surface area contributed by atoms with Gasteiger partial charge in [-0.1, -0.05) is 12.1 Å². The Hall–Kier alpha value is -3.39. The number of carbonyl (C=O) groups excluding carboxylic acids is 1. The van der Waals surface area contributed by atoms with Gasteiger partial charge in [0.15, 0.2) is 0 Å². The van der Waals surface area contributed by atoms with Crippen LogP contribution in [-0.2, 0) is 4.79 Å². The van der Waals surface area contributed by atoms with E-state index in [9.17, 15) is 19.1 Å². The van der Waals surface area contributed by atoms with Gasteiger partial charge in [0.25, 0.3) is 0 Å². The van der Waals surface area contributed by atoms with Gasteiger partial charge in [0.05, 0.1) is 19.9 Å². The molecule has 1 aromatic heterocycles. The first kappa shape index (κ1) is 19.9. The molecular weight excluding hydrogens is 409 g/mol. The number of aromatic carboxylic acids is 1. The van der Waals surface area contributed by atoms with Gasteiger partial charge in [-0.15, -0.1) is 11.3 Å². The Morgan fingerprint density at radius 3 is 2.67 bits per heavy atom. The van der Waals surface area contributed by atoms with E-state index in [1.165, 1.54) is 25.3 Å². The molecule has 0 bridgehead atoms. The summed E-state index contributed by atoms with van der Waals surface area (Å²) in [5.41, 5.74) is 1.82. The van der Waals surface area contributed by atoms with Gasteiger partial charge in [-0.05, 0) is 35.9 Å². The molecule has 0 aliphatic carbocycles. The van der Waals surface area contributed by atoms with Crippen molar-refractivity contribution < 1.29 is 28.6 Å². The van der Waals surface area contributed by atoms with Crippen molar-refractivity contribution in [2.45, 2.75) is 12.3 Å². The molecule has 1 aliphatic rings. The van der Waals surface area contributed by atoms with Crippen molar-refractivity contribution in [2.24, 2.45) is 0 Å². The number of rotatable bonds is 5. The number of ether oxygens (including phenoxy) is 2. The van der Waals surface area contributed by atoms with Crippen LogP contribution in [0, 0.1) is 5.82 Å². The molecule has 0 spiro atoms. The number of carbonyl (C=O) groups is 2. The highest BCUT2D eigenvalue weighted by Gasteiger charge is 2.36. The molecule has 8 heteroatoms. The van der Waals surface area contributed by atoms with Gasteiger partial charge in [0.1, 0.15) is 22.2 Å². The number of benzene rings is 2. The number of amides is 1. The lowest BCUT2D eigenvalue weighted by Crippen LogP contribution is -2.22. The Balaban J connectivity index is 1.96. The van der Waals surface area contributed by atoms with Crippen molar-refractivity contribution in [3.63, 3.8) is 0 Å². The summed E-state index contributed by atoms with van der Waals surface area (Å²) in [5.74, 6) is -1.15. The maximum atomic E-state index is 13.9. The van der Waals surface area contributed by atoms with Crippen LogP contribution in [0.3, 0.4) is 0 Å². The van der Waals surface area contributed by atoms with E-state index in [0.29, 0.717) is 33.2 Å². The fraction of sp³-hybridized carbons (Fsp3) is 0.182. The van der Waals surface area contributed by atoms with E-state index in [4.69, 9.17) is 9.47 Å². The molecule has 0 fully saturated rings. The molecule has 6 nitrogen and oxygen atoms in total. The monoisotopic (exact) mass is 427 g/mol. The minimum atomic E-state index is -1.14. The van der Waals surface area contributed by atoms with Gasteiger partial charge in [0, 0.05) is 28.3 Å². The average Bonchev–Trinajstić information content (AvgIpc) is 3.12. The molecule has 2 heterocycles. The van der Waals surface area contributed by atoms with Crippen molar-refractivity contribution in [2.75, 3.05) is 19.5 Å². The number of carboxylic acid groups (broad SMARTS) is 1. The third-order valence-corrected chi connectivity index (χ3v) is 6.32. The van der Waals surface area contributed by atoms with Crippen molar-refractivity contribution in [1.29, 1.82) is 0 Å². The molecule has 1 atom stereocenters. The zero-order chi connectivity index (χ0) is 21.4. The fourth-order valence-corrected chi connectivity index (χ4v) is 4.96. The molecule has 30 heavy (non-hydrogen) atoms. The largest absolute Gasteiger partial charge is 0.497 e. The van der Waals surface area contributed by atoms with Crippen LogP contribution in [0.2, 0.25) is 0 Å². The molecule has 3 aromatic rings. The molecule has 4 rings (SSSR count). The highest BCUT2D eigenvalue weighted by molar-refractivity contribution is 7.15. The van der Waals surface area contributed by atoms with E-state index in [1.807, 2.05) is 0 Å². The van der Waals surface area contributed by atoms with Crippen LogP contribution in [0.25, 0.3) is 11.1 Å². The Morgan fingerprint density at radius 1 is 1.20 bits per heavy atom. The van der Waals surface area contributed by atoms with Crippen LogP contribution in [0.5, 0.6) is 11.5 Å². The summed E-state index contributed by atoms with van der Waals surface area (Å²) in [4.78, 5) is 25.3. The normalized spacial score (nSPS) is 15.3. The zero-order valence-electron chi connectivity index (χ0n) is 16.2. The van der Waals surface area contributed by atoms with Gasteiger partial charge < -0.3 is 19.9 Å². The minimum Gasteiger partial charge on any atom is -0.497 e. The summed E-state index contributed by atoms with van der Waals surface area (Å²) < 4.78 is 24.7. The summed E-state index contributed by atoms with van der Waals surface area (Å²) in [6.45, 7) is 0. The standard InChI is InChI=1S/C22H18FNO5S/c1-28-13-6-7-16(29-2)14(9-13)15-10-17(25)24-19-18(11-4-3-5-12(23)8-11)21(22(26)27)30-20(15)19/h3-9,15H,10H2,1-2H3,(H,24,25)(H,26,27). The second-order valence-electron chi connectivity index (χ2n) is 6.77. The predicted octanol–water partition coefficient (Wildman–Crippen LogP) is 4.74. The maximum absolute atomic E-state index is 13.9. The number of hydrogen-bond acceptors (Lipinski definition) is 5. The first-order valence-corrected chi connectivity index (χ1v) is 9.92. The number of anilines is 1. The van der Waals surface area contributed by atoms with Crippen molar-refractivity contribution in [3.05, 3.63) is 63.6 Å². The Morgan fingerprint density at radius 2 is 2.00 bits per heavy atom. The average molecular weight is 427 g/mol. The van der Waals surface area contributed by atoms with Gasteiger partial charge in [0.2, 0.25) is 5.91 Å². The molecule has 0 radical (unpaired) electrons. The Labute approximate surface area is 175 Å². The summed E-state index contributed by atoms with van der Waals surface area (Å²) in [7, 11) is 3.07. The lowest BCUT2D eigenvalue weighted by molar-refractivity contribution is -0.116. The topological polar surface area (TPSA) is 84.9 Å². The number of nitrogens with one attached hydrogen (secondary N) is 1. The minimum absolute atomic E-state index is 0.0414. The smallest absolute Gasteiger partial charge is 0.346 e. The molecule has 2 N–H and O–H groups in total. The summed E-state index contributed by atoms with van der Waals surface area (Å²) in [6, 6.07) is 11.0. The first-order chi connectivity index (χ1) is 14.4. The number of carboxylic acids is 1. The SMILES string of the molecule is COc1ccc(OC)c(C2CC(=O)Nc3c2sc(C(=O)O)c3-c2cccc(F)c2)c1. The van der Waals surface area contributed by atoms with E-state index < -0.39 is 17.7 Å². The van der Waals surface area contributed by atoms with Crippen LogP contribution in [0.4, 0.5) is 10.1 Å². The third-order valence-electron chi connectivity index (χ3n) is 5.03. The van der Waals surface area contributed by atoms with E-state index >= 15 is 0 Å². The second-order valence-corrected chi connectivity index (χ2v) is 7.83. The maximum Gasteiger partial charge on any atom is 0.346 e. The quantitative estimate of drug-likeness (QED) is 0.614. The number of halogens is 1. The number of hydrogen-bond donors (Lipinski definition) is 2. The van der Waals surface area contributed by atoms with Crippen LogP contribution >= 0.6 is 11.3 Å². The van der Waals surface area contributed by atoms with Crippen LogP contribution in [-0.4, -0.2) is 31.2 Å². The molecule has 0 saturated heterocycles. The van der Waals surface area contributed by atoms with Crippen LogP contribution in [0.1, 0.15) is 32.5 Å². The molecule has 1 amide bonds. The number of thiophene rings is 1. The summed E-state index contributed by atoms with van der Waals surface area (Å²) >= 11 is 1.08. The second kappa shape index (κ2) is 7.79. The number of fused-ring (bicyclic) bond motifs is 1. The van der Waals surface area contributed by atoms with E-state index in [-0.39, 0.29) is 17.2 Å². The van der Waals surface area contributed by atoms with E-state index in [1.54, 1.807) is 31.4 Å². The Kier molecular flexibility index (Phi) is 5.17. The van der Waals surface area contributed by atoms with Gasteiger partial charge in [-0.25, -0.2) is 9.18 Å². The first-order valence-electron chi connectivity index (χ1n) is 9.10. The van der Waals surface area contributed by atoms with Gasteiger partial charge in [-0.3, -0.25) is 4.79 Å². The van der Waals surface area contributed by atoms with E-state index in [0.717, 1.165) is 16.9 Å². The molecular formula is C22H18FNO5S. The van der Waals surface area contributed by atoms with Crippen molar-refractivity contribution in [3.8, 4) is 22.6 Å². The fourth-order valence-electron chi connectivity index (χ4n) is 3.72. The summed E-state index contributed by atoms with van der Waals surface area (Å²) in [5, 5.41) is 12.6. The lowest BCUT2D eigenvalue weighted by atomic mass is 9.88. The highest BCUT2D eigenvalue weighted by atomic mass is 32.1. The van der Waals surface area contributed by atoms with Crippen LogP contribution < -0.4 is 14.8 Å². The summed E-state index contributed by atoms with van der Waals surface area (Å²) in [6.07, 6.45) is 0.124. The predicted molar refractivity (Wildman–Crippen MR) is 111 cm³/mol. The van der Waals surface area contributed by atoms with Crippen molar-refractivity contribution in [1.82, 2.24) is 0 Å². The highest BCUT2D eigenvalue weighted by Crippen LogP contribution is 2.51. The molecule has 2 aromatic carbocycles. The molecule has 1 aliphatic heterocycles. The molecule has 0 saturated carbocycles. The zero-order valence-corrected chi connectivity index (χ0v) is 17.0. The third kappa shape index (κ3) is 3.39. The lowest BCUT2D eigenvalue weighted by Gasteiger charge is -2.25. The number of methoxy groups -OCH3 is 2.